The predicted molar refractivity (Wildman–Crippen MR) is 98.9 cm³/mol. The zero-order valence-electron chi connectivity index (χ0n) is 15.1. The van der Waals surface area contributed by atoms with Crippen molar-refractivity contribution in [3.63, 3.8) is 0 Å². The van der Waals surface area contributed by atoms with Crippen molar-refractivity contribution in [2.45, 2.75) is 32.9 Å². The van der Waals surface area contributed by atoms with Gasteiger partial charge in [-0.3, -0.25) is 9.59 Å². The third-order valence-electron chi connectivity index (χ3n) is 4.72. The number of aryl methyl sites for hydroxylation is 1. The highest BCUT2D eigenvalue weighted by Crippen LogP contribution is 2.24. The summed E-state index contributed by atoms with van der Waals surface area (Å²) in [7, 11) is 0. The number of amides is 1. The molecule has 0 spiro atoms. The molecule has 2 aromatic heterocycles. The first-order valence-electron chi connectivity index (χ1n) is 8.96. The molecule has 138 valence electrons. The number of likely N-dealkylation sites (tertiary alicyclic amines) is 1. The number of hydrogen-bond acceptors (Lipinski definition) is 5. The fourth-order valence-electron chi connectivity index (χ4n) is 3.26. The van der Waals surface area contributed by atoms with Crippen LogP contribution in [0.15, 0.2) is 51.9 Å². The van der Waals surface area contributed by atoms with Gasteiger partial charge in [0.15, 0.2) is 0 Å². The van der Waals surface area contributed by atoms with E-state index in [-0.39, 0.29) is 18.0 Å². The summed E-state index contributed by atoms with van der Waals surface area (Å²) in [6.07, 6.45) is 3.23. The summed E-state index contributed by atoms with van der Waals surface area (Å²) >= 11 is 0. The van der Waals surface area contributed by atoms with E-state index in [2.05, 4.69) is 10.1 Å². The summed E-state index contributed by atoms with van der Waals surface area (Å²) in [4.78, 5) is 30.3. The minimum absolute atomic E-state index is 0.109. The lowest BCUT2D eigenvalue weighted by Gasteiger charge is -2.17. The number of hydrogen-bond donors (Lipinski definition) is 0. The summed E-state index contributed by atoms with van der Waals surface area (Å²) < 4.78 is 6.88. The van der Waals surface area contributed by atoms with Gasteiger partial charge in [0.2, 0.25) is 17.6 Å². The van der Waals surface area contributed by atoms with Crippen LogP contribution in [0.1, 0.15) is 29.9 Å². The second-order valence-corrected chi connectivity index (χ2v) is 6.76. The third kappa shape index (κ3) is 3.67. The number of benzene rings is 1. The summed E-state index contributed by atoms with van der Waals surface area (Å²) in [5, 5.41) is 4.08. The van der Waals surface area contributed by atoms with Crippen molar-refractivity contribution in [3.05, 3.63) is 70.0 Å². The van der Waals surface area contributed by atoms with E-state index in [9.17, 15) is 9.59 Å². The lowest BCUT2D eigenvalue weighted by Crippen LogP contribution is -2.24. The molecule has 3 aromatic rings. The van der Waals surface area contributed by atoms with Crippen LogP contribution < -0.4 is 5.56 Å². The maximum atomic E-state index is 12.0. The van der Waals surface area contributed by atoms with Crippen LogP contribution in [-0.2, 0) is 17.9 Å². The Morgan fingerprint density at radius 2 is 2.00 bits per heavy atom. The van der Waals surface area contributed by atoms with Gasteiger partial charge in [0.25, 0.3) is 5.56 Å². The average molecular weight is 364 g/mol. The van der Waals surface area contributed by atoms with E-state index in [0.29, 0.717) is 24.7 Å². The third-order valence-corrected chi connectivity index (χ3v) is 4.72. The lowest BCUT2D eigenvalue weighted by molar-refractivity contribution is -0.128. The number of carbonyl (C=O) groups excluding carboxylic acids is 1. The van der Waals surface area contributed by atoms with Crippen LogP contribution in [0.3, 0.4) is 0 Å². The normalized spacial score (nSPS) is 14.1. The molecule has 1 aliphatic rings. The van der Waals surface area contributed by atoms with E-state index in [1.54, 1.807) is 12.3 Å². The molecule has 27 heavy (non-hydrogen) atoms. The minimum Gasteiger partial charge on any atom is -0.338 e. The molecule has 4 rings (SSSR count). The maximum absolute atomic E-state index is 12.0. The SMILES string of the molecule is Cc1ccn(Cc2nc(-c3ccccc3CN3CCCC3=O)no2)c(=O)c1. The van der Waals surface area contributed by atoms with Crippen LogP contribution in [0.5, 0.6) is 0 Å². The van der Waals surface area contributed by atoms with Gasteiger partial charge in [0, 0.05) is 37.3 Å². The molecule has 0 bridgehead atoms. The first kappa shape index (κ1) is 17.2. The largest absolute Gasteiger partial charge is 0.338 e. The van der Waals surface area contributed by atoms with Crippen LogP contribution in [0.25, 0.3) is 11.4 Å². The Labute approximate surface area is 156 Å². The Hall–Kier alpha value is -3.22. The molecule has 1 aliphatic heterocycles. The van der Waals surface area contributed by atoms with E-state index in [4.69, 9.17) is 4.52 Å². The highest BCUT2D eigenvalue weighted by Gasteiger charge is 2.22. The topological polar surface area (TPSA) is 81.2 Å². The van der Waals surface area contributed by atoms with Gasteiger partial charge >= 0.3 is 0 Å². The lowest BCUT2D eigenvalue weighted by atomic mass is 10.1. The fraction of sp³-hybridized carbons (Fsp3) is 0.300. The Morgan fingerprint density at radius 3 is 2.78 bits per heavy atom. The summed E-state index contributed by atoms with van der Waals surface area (Å²) in [6.45, 7) is 3.41. The molecule has 0 atom stereocenters. The van der Waals surface area contributed by atoms with Crippen LogP contribution in [0.4, 0.5) is 0 Å². The van der Waals surface area contributed by atoms with Crippen molar-refractivity contribution in [1.82, 2.24) is 19.6 Å². The average Bonchev–Trinajstić information content (AvgIpc) is 3.27. The molecule has 0 unspecified atom stereocenters. The quantitative estimate of drug-likeness (QED) is 0.694. The Bertz CT molecular complexity index is 1040. The molecule has 0 aliphatic carbocycles. The summed E-state index contributed by atoms with van der Waals surface area (Å²) in [6, 6.07) is 11.2. The van der Waals surface area contributed by atoms with Gasteiger partial charge in [-0.15, -0.1) is 0 Å². The molecule has 1 saturated heterocycles. The van der Waals surface area contributed by atoms with Crippen LogP contribution in [0, 0.1) is 6.92 Å². The maximum Gasteiger partial charge on any atom is 0.251 e. The number of aromatic nitrogens is 3. The first-order chi connectivity index (χ1) is 13.1. The number of pyridine rings is 1. The second kappa shape index (κ2) is 7.19. The Balaban J connectivity index is 1.58. The van der Waals surface area contributed by atoms with E-state index in [0.717, 1.165) is 29.7 Å². The molecule has 1 aromatic carbocycles. The van der Waals surface area contributed by atoms with Crippen molar-refractivity contribution in [3.8, 4) is 11.4 Å². The molecule has 0 N–H and O–H groups in total. The van der Waals surface area contributed by atoms with Crippen molar-refractivity contribution < 1.29 is 9.32 Å². The van der Waals surface area contributed by atoms with E-state index in [1.165, 1.54) is 4.57 Å². The van der Waals surface area contributed by atoms with Gasteiger partial charge in [0.05, 0.1) is 0 Å². The summed E-state index contributed by atoms with van der Waals surface area (Å²) in [5.41, 5.74) is 2.62. The van der Waals surface area contributed by atoms with Crippen LogP contribution in [-0.4, -0.2) is 32.1 Å². The Morgan fingerprint density at radius 1 is 1.15 bits per heavy atom. The molecule has 0 radical (unpaired) electrons. The molecule has 7 nitrogen and oxygen atoms in total. The van der Waals surface area contributed by atoms with Crippen molar-refractivity contribution in [1.29, 1.82) is 0 Å². The van der Waals surface area contributed by atoms with Gasteiger partial charge in [-0.2, -0.15) is 4.98 Å². The standard InChI is InChI=1S/C20H20N4O3/c1-14-8-10-24(19(26)11-14)13-17-21-20(22-27-17)16-6-3-2-5-15(16)12-23-9-4-7-18(23)25/h2-3,5-6,8,10-11H,4,7,9,12-13H2,1H3. The zero-order chi connectivity index (χ0) is 18.8. The molecule has 3 heterocycles. The minimum atomic E-state index is -0.109. The van der Waals surface area contributed by atoms with E-state index < -0.39 is 0 Å². The van der Waals surface area contributed by atoms with Gasteiger partial charge in [-0.25, -0.2) is 0 Å². The first-order valence-corrected chi connectivity index (χ1v) is 8.96. The van der Waals surface area contributed by atoms with Crippen molar-refractivity contribution in [2.75, 3.05) is 6.54 Å². The zero-order valence-corrected chi connectivity index (χ0v) is 15.1. The van der Waals surface area contributed by atoms with Crippen LogP contribution >= 0.6 is 0 Å². The molecule has 1 fully saturated rings. The number of carbonyl (C=O) groups is 1. The Kier molecular flexibility index (Phi) is 4.58. The van der Waals surface area contributed by atoms with Crippen molar-refractivity contribution >= 4 is 5.91 Å². The van der Waals surface area contributed by atoms with Gasteiger partial charge in [-0.1, -0.05) is 29.4 Å². The monoisotopic (exact) mass is 364 g/mol. The smallest absolute Gasteiger partial charge is 0.251 e. The molecule has 0 saturated carbocycles. The van der Waals surface area contributed by atoms with E-state index in [1.807, 2.05) is 42.2 Å². The van der Waals surface area contributed by atoms with Gasteiger partial charge in [-0.05, 0) is 30.5 Å². The molecular formula is C20H20N4O3. The molecule has 1 amide bonds. The number of nitrogens with zero attached hydrogens (tertiary/aromatic N) is 4. The van der Waals surface area contributed by atoms with E-state index >= 15 is 0 Å². The molecular weight excluding hydrogens is 344 g/mol. The predicted octanol–water partition coefficient (Wildman–Crippen LogP) is 2.38. The van der Waals surface area contributed by atoms with Crippen LogP contribution in [0.2, 0.25) is 0 Å². The fourth-order valence-corrected chi connectivity index (χ4v) is 3.26. The molecule has 7 heteroatoms. The van der Waals surface area contributed by atoms with Gasteiger partial charge < -0.3 is 14.0 Å². The highest BCUT2D eigenvalue weighted by atomic mass is 16.5. The highest BCUT2D eigenvalue weighted by molar-refractivity contribution is 5.78. The summed E-state index contributed by atoms with van der Waals surface area (Å²) in [5.74, 6) is 1.01. The van der Waals surface area contributed by atoms with Crippen molar-refractivity contribution in [2.24, 2.45) is 0 Å². The van der Waals surface area contributed by atoms with Gasteiger partial charge in [0.1, 0.15) is 6.54 Å². The number of rotatable bonds is 5. The second-order valence-electron chi connectivity index (χ2n) is 6.76.